The van der Waals surface area contributed by atoms with Crippen LogP contribution in [0.25, 0.3) is 0 Å². The maximum absolute atomic E-state index is 11.0. The Hall–Kier alpha value is -1.38. The first-order chi connectivity index (χ1) is 18.6. The van der Waals surface area contributed by atoms with Gasteiger partial charge in [-0.15, -0.1) is 0 Å². The molecule has 15 heteroatoms. The second-order valence-electron chi connectivity index (χ2n) is 9.70. The van der Waals surface area contributed by atoms with E-state index in [0.717, 1.165) is 5.56 Å². The molecule has 1 aromatic rings. The molecule has 14 atom stereocenters. The van der Waals surface area contributed by atoms with Gasteiger partial charge in [0.05, 0.1) is 26.4 Å². The number of aliphatic hydroxyl groups excluding tert-OH is 9. The quantitative estimate of drug-likeness (QED) is 0.137. The third kappa shape index (κ3) is 6.92. The van der Waals surface area contributed by atoms with Gasteiger partial charge in [-0.3, -0.25) is 0 Å². The van der Waals surface area contributed by atoms with Gasteiger partial charge in [0.1, 0.15) is 67.1 Å². The summed E-state index contributed by atoms with van der Waals surface area (Å²) in [6.45, 7) is -1.48. The van der Waals surface area contributed by atoms with E-state index in [1.165, 1.54) is 0 Å². The summed E-state index contributed by atoms with van der Waals surface area (Å²) in [5, 5.41) is 91.2. The molecule has 3 heterocycles. The lowest BCUT2D eigenvalue weighted by Crippen LogP contribution is -2.65. The van der Waals surface area contributed by atoms with E-state index in [4.69, 9.17) is 28.4 Å². The third-order valence-electron chi connectivity index (χ3n) is 6.92. The SMILES string of the molecule is OC[C@H]1O[C@@H](O[C@H]2[C@H](OCc3ccccc3)O[C@H](CO[C@@H]3OC[C@@H](O)[C@H](O)[C@H]3O)[C@@H](O)[C@@H]2O)[C@H](O)[C@@H](O)[C@@H]1O. The molecule has 3 fully saturated rings. The summed E-state index contributed by atoms with van der Waals surface area (Å²) in [5.41, 5.74) is 0.729. The maximum Gasteiger partial charge on any atom is 0.187 e. The molecule has 0 spiro atoms. The Morgan fingerprint density at radius 1 is 0.667 bits per heavy atom. The number of aliphatic hydroxyl groups is 9. The van der Waals surface area contributed by atoms with Crippen LogP contribution >= 0.6 is 0 Å². The summed E-state index contributed by atoms with van der Waals surface area (Å²) in [4.78, 5) is 0. The van der Waals surface area contributed by atoms with Gasteiger partial charge in [0.25, 0.3) is 0 Å². The predicted octanol–water partition coefficient (Wildman–Crippen LogP) is -4.71. The van der Waals surface area contributed by atoms with Crippen LogP contribution in [0, 0.1) is 0 Å². The van der Waals surface area contributed by atoms with Crippen LogP contribution in [0.1, 0.15) is 5.56 Å². The second kappa shape index (κ2) is 13.5. The highest BCUT2D eigenvalue weighted by Gasteiger charge is 2.51. The summed E-state index contributed by atoms with van der Waals surface area (Å²) < 4.78 is 33.3. The molecule has 0 radical (unpaired) electrons. The fraction of sp³-hybridized carbons (Fsp3) is 0.750. The second-order valence-corrected chi connectivity index (χ2v) is 9.70. The van der Waals surface area contributed by atoms with E-state index in [9.17, 15) is 46.0 Å². The zero-order chi connectivity index (χ0) is 28.3. The summed E-state index contributed by atoms with van der Waals surface area (Å²) in [7, 11) is 0. The molecule has 15 nitrogen and oxygen atoms in total. The largest absolute Gasteiger partial charge is 0.394 e. The monoisotopic (exact) mass is 564 g/mol. The molecule has 0 aliphatic carbocycles. The van der Waals surface area contributed by atoms with Crippen molar-refractivity contribution < 1.29 is 74.4 Å². The van der Waals surface area contributed by atoms with E-state index in [2.05, 4.69) is 0 Å². The first-order valence-corrected chi connectivity index (χ1v) is 12.5. The number of hydrogen-bond acceptors (Lipinski definition) is 15. The Bertz CT molecular complexity index is 876. The Balaban J connectivity index is 1.47. The van der Waals surface area contributed by atoms with E-state index in [1.54, 1.807) is 30.3 Å². The molecule has 9 N–H and O–H groups in total. The van der Waals surface area contributed by atoms with Gasteiger partial charge in [-0.25, -0.2) is 0 Å². The molecular formula is C24H36O15. The first-order valence-electron chi connectivity index (χ1n) is 12.5. The third-order valence-corrected chi connectivity index (χ3v) is 6.92. The van der Waals surface area contributed by atoms with Gasteiger partial charge < -0.3 is 74.4 Å². The van der Waals surface area contributed by atoms with E-state index in [0.29, 0.717) is 0 Å². The molecule has 0 unspecified atom stereocenters. The Morgan fingerprint density at radius 3 is 2.00 bits per heavy atom. The zero-order valence-corrected chi connectivity index (χ0v) is 20.8. The minimum Gasteiger partial charge on any atom is -0.394 e. The number of ether oxygens (including phenoxy) is 6. The minimum atomic E-state index is -1.78. The lowest BCUT2D eigenvalue weighted by molar-refractivity contribution is -0.372. The van der Waals surface area contributed by atoms with Crippen molar-refractivity contribution in [3.8, 4) is 0 Å². The van der Waals surface area contributed by atoms with E-state index in [-0.39, 0.29) is 13.2 Å². The van der Waals surface area contributed by atoms with Gasteiger partial charge in [0, 0.05) is 0 Å². The van der Waals surface area contributed by atoms with Crippen LogP contribution in [0.4, 0.5) is 0 Å². The molecule has 222 valence electrons. The Kier molecular flexibility index (Phi) is 10.6. The van der Waals surface area contributed by atoms with Gasteiger partial charge in [-0.2, -0.15) is 0 Å². The van der Waals surface area contributed by atoms with Crippen LogP contribution in [0.3, 0.4) is 0 Å². The van der Waals surface area contributed by atoms with Crippen LogP contribution < -0.4 is 0 Å². The van der Waals surface area contributed by atoms with Crippen molar-refractivity contribution in [2.24, 2.45) is 0 Å². The summed E-state index contributed by atoms with van der Waals surface area (Å²) in [5.74, 6) is 0. The molecule has 4 rings (SSSR count). The molecule has 0 saturated carbocycles. The topological polar surface area (TPSA) is 237 Å². The van der Waals surface area contributed by atoms with Crippen LogP contribution in [0.5, 0.6) is 0 Å². The minimum absolute atomic E-state index is 0.0228. The fourth-order valence-corrected chi connectivity index (χ4v) is 4.52. The number of benzene rings is 1. The lowest BCUT2D eigenvalue weighted by Gasteiger charge is -2.46. The molecule has 0 bridgehead atoms. The van der Waals surface area contributed by atoms with Crippen molar-refractivity contribution >= 4 is 0 Å². The van der Waals surface area contributed by atoms with Crippen LogP contribution in [-0.4, -0.2) is 152 Å². The van der Waals surface area contributed by atoms with Crippen molar-refractivity contribution in [2.45, 2.75) is 92.6 Å². The van der Waals surface area contributed by atoms with Crippen molar-refractivity contribution in [2.75, 3.05) is 19.8 Å². The van der Waals surface area contributed by atoms with Gasteiger partial charge in [-0.1, -0.05) is 30.3 Å². The number of hydrogen-bond donors (Lipinski definition) is 9. The summed E-state index contributed by atoms with van der Waals surface area (Å²) >= 11 is 0. The smallest absolute Gasteiger partial charge is 0.187 e. The first kappa shape index (κ1) is 30.6. The zero-order valence-electron chi connectivity index (χ0n) is 20.8. The van der Waals surface area contributed by atoms with Crippen LogP contribution in [0.15, 0.2) is 30.3 Å². The highest BCUT2D eigenvalue weighted by Crippen LogP contribution is 2.31. The van der Waals surface area contributed by atoms with Gasteiger partial charge in [-0.05, 0) is 5.56 Å². The average molecular weight is 565 g/mol. The van der Waals surface area contributed by atoms with Gasteiger partial charge in [0.15, 0.2) is 18.9 Å². The normalized spacial score (nSPS) is 45.3. The molecule has 3 aliphatic rings. The standard InChI is InChI=1S/C24H36O15/c25-6-12-15(28)17(30)20(33)23(37-12)39-21-18(31)16(29)13(9-36-22-19(32)14(27)11(26)8-35-22)38-24(21)34-7-10-4-2-1-3-5-10/h1-5,11-33H,6-9H2/t11-,12-,13-,14+,15-,16-,17+,18+,19-,20-,21-,22+,23+,24-/m1/s1. The molecule has 3 saturated heterocycles. The van der Waals surface area contributed by atoms with E-state index in [1.807, 2.05) is 0 Å². The van der Waals surface area contributed by atoms with Crippen molar-refractivity contribution in [3.63, 3.8) is 0 Å². The molecule has 3 aliphatic heterocycles. The predicted molar refractivity (Wildman–Crippen MR) is 124 cm³/mol. The van der Waals surface area contributed by atoms with Crippen molar-refractivity contribution in [1.29, 1.82) is 0 Å². The average Bonchev–Trinajstić information content (AvgIpc) is 2.94. The van der Waals surface area contributed by atoms with E-state index >= 15 is 0 Å². The molecule has 1 aromatic carbocycles. The van der Waals surface area contributed by atoms with Gasteiger partial charge >= 0.3 is 0 Å². The molecule has 0 aromatic heterocycles. The van der Waals surface area contributed by atoms with E-state index < -0.39 is 99.2 Å². The highest BCUT2D eigenvalue weighted by atomic mass is 16.8. The molecule has 0 amide bonds. The maximum atomic E-state index is 11.0. The highest BCUT2D eigenvalue weighted by molar-refractivity contribution is 5.13. The van der Waals surface area contributed by atoms with Gasteiger partial charge in [0.2, 0.25) is 0 Å². The lowest BCUT2D eigenvalue weighted by atomic mass is 9.97. The van der Waals surface area contributed by atoms with Crippen molar-refractivity contribution in [3.05, 3.63) is 35.9 Å². The number of rotatable bonds is 9. The van der Waals surface area contributed by atoms with Crippen LogP contribution in [-0.2, 0) is 35.0 Å². The Labute approximate surface area is 223 Å². The fourth-order valence-electron chi connectivity index (χ4n) is 4.52. The molecular weight excluding hydrogens is 528 g/mol. The van der Waals surface area contributed by atoms with Crippen LogP contribution in [0.2, 0.25) is 0 Å². The molecule has 39 heavy (non-hydrogen) atoms. The Morgan fingerprint density at radius 2 is 1.31 bits per heavy atom. The van der Waals surface area contributed by atoms with Crippen molar-refractivity contribution in [1.82, 2.24) is 0 Å². The summed E-state index contributed by atoms with van der Waals surface area (Å²) in [6.07, 6.45) is -21.4. The summed E-state index contributed by atoms with van der Waals surface area (Å²) in [6, 6.07) is 8.89.